The number of nitrogens with zero attached hydrogens (tertiary/aromatic N) is 1. The second kappa shape index (κ2) is 5.70. The lowest BCUT2D eigenvalue weighted by Gasteiger charge is -2.39. The van der Waals surface area contributed by atoms with Crippen molar-refractivity contribution in [1.29, 1.82) is 0 Å². The summed E-state index contributed by atoms with van der Waals surface area (Å²) in [5.41, 5.74) is 1.60. The molecule has 3 nitrogen and oxygen atoms in total. The average Bonchev–Trinajstić information content (AvgIpc) is 2.37. The van der Waals surface area contributed by atoms with Gasteiger partial charge in [0.2, 0.25) is 0 Å². The minimum atomic E-state index is -0.266. The minimum Gasteiger partial charge on any atom is -0.292 e. The van der Waals surface area contributed by atoms with Gasteiger partial charge >= 0.3 is 0 Å². The summed E-state index contributed by atoms with van der Waals surface area (Å²) in [6.07, 6.45) is 1.73. The highest BCUT2D eigenvalue weighted by molar-refractivity contribution is 5.56. The highest BCUT2D eigenvalue weighted by Gasteiger charge is 2.32. The molecule has 1 unspecified atom stereocenters. The van der Waals surface area contributed by atoms with Gasteiger partial charge in [0.1, 0.15) is 5.94 Å². The smallest absolute Gasteiger partial charge is 0.125 e. The van der Waals surface area contributed by atoms with Crippen LogP contribution in [0.4, 0.5) is 0 Å². The molecule has 1 atom stereocenters. The van der Waals surface area contributed by atoms with Crippen molar-refractivity contribution in [3.8, 4) is 0 Å². The van der Waals surface area contributed by atoms with Crippen LogP contribution in [-0.2, 0) is 9.63 Å². The number of hydrogen-bond donors (Lipinski definition) is 0. The van der Waals surface area contributed by atoms with Gasteiger partial charge in [0, 0.05) is 12.1 Å². The summed E-state index contributed by atoms with van der Waals surface area (Å²) in [5.74, 6) is 2.11. The number of carbonyl (C=O) groups excluding carboxylic acids is 1. The summed E-state index contributed by atoms with van der Waals surface area (Å²) in [5, 5.41) is 1.93. The van der Waals surface area contributed by atoms with Crippen molar-refractivity contribution in [3.63, 3.8) is 0 Å². The first-order valence-corrected chi connectivity index (χ1v) is 6.76. The van der Waals surface area contributed by atoms with Crippen LogP contribution in [0.15, 0.2) is 35.9 Å². The molecule has 1 aromatic rings. The zero-order chi connectivity index (χ0) is 13.9. The molecule has 0 aliphatic carbocycles. The summed E-state index contributed by atoms with van der Waals surface area (Å²) >= 11 is 0. The standard InChI is InChI=1S/C16H21NO2/c1-16(2,3)19-17-11-7-10-14(12-18)15(17)13-8-5-4-6-9-13/h4-6,8-9,15H,7,10-11H2,1-3H3. The fourth-order valence-corrected chi connectivity index (χ4v) is 2.42. The van der Waals surface area contributed by atoms with Gasteiger partial charge in [-0.05, 0) is 39.2 Å². The first-order valence-electron chi connectivity index (χ1n) is 6.76. The van der Waals surface area contributed by atoms with Gasteiger partial charge in [-0.25, -0.2) is 4.79 Å². The Labute approximate surface area is 114 Å². The molecule has 0 radical (unpaired) electrons. The molecule has 0 saturated carbocycles. The molecule has 1 saturated heterocycles. The number of hydrogen-bond acceptors (Lipinski definition) is 3. The van der Waals surface area contributed by atoms with E-state index in [1.807, 2.05) is 56.2 Å². The Morgan fingerprint density at radius 2 is 1.95 bits per heavy atom. The fourth-order valence-electron chi connectivity index (χ4n) is 2.42. The van der Waals surface area contributed by atoms with Gasteiger partial charge in [0.15, 0.2) is 0 Å². The molecule has 1 aromatic carbocycles. The molecular weight excluding hydrogens is 238 g/mol. The van der Waals surface area contributed by atoms with E-state index in [9.17, 15) is 4.79 Å². The number of rotatable bonds is 2. The molecule has 0 amide bonds. The first kappa shape index (κ1) is 14.0. The van der Waals surface area contributed by atoms with Gasteiger partial charge in [-0.15, -0.1) is 0 Å². The Bertz CT molecular complexity index is 469. The third-order valence-corrected chi connectivity index (χ3v) is 3.08. The van der Waals surface area contributed by atoms with Crippen molar-refractivity contribution < 1.29 is 9.63 Å². The van der Waals surface area contributed by atoms with Crippen molar-refractivity contribution >= 4 is 5.94 Å². The predicted molar refractivity (Wildman–Crippen MR) is 75.2 cm³/mol. The molecule has 102 valence electrons. The zero-order valence-electron chi connectivity index (χ0n) is 11.8. The summed E-state index contributed by atoms with van der Waals surface area (Å²) in [6.45, 7) is 6.90. The normalized spacial score (nSPS) is 21.2. The Hall–Kier alpha value is -1.41. The minimum absolute atomic E-state index is 0.105. The molecule has 19 heavy (non-hydrogen) atoms. The maximum Gasteiger partial charge on any atom is 0.125 e. The molecule has 2 rings (SSSR count). The van der Waals surface area contributed by atoms with Crippen LogP contribution in [0.5, 0.6) is 0 Å². The molecule has 1 fully saturated rings. The SMILES string of the molecule is CC(C)(C)ON1CCCC(=C=O)C1c1ccccc1. The molecule has 1 heterocycles. The predicted octanol–water partition coefficient (Wildman–Crippen LogP) is 3.31. The molecule has 0 bridgehead atoms. The zero-order valence-corrected chi connectivity index (χ0v) is 11.8. The third kappa shape index (κ3) is 3.54. The molecule has 0 aromatic heterocycles. The van der Waals surface area contributed by atoms with Crippen LogP contribution in [0.3, 0.4) is 0 Å². The van der Waals surface area contributed by atoms with Crippen molar-refractivity contribution in [2.75, 3.05) is 6.54 Å². The van der Waals surface area contributed by atoms with Gasteiger partial charge in [-0.3, -0.25) is 4.84 Å². The Morgan fingerprint density at radius 1 is 1.26 bits per heavy atom. The van der Waals surface area contributed by atoms with Crippen molar-refractivity contribution in [2.45, 2.75) is 45.3 Å². The van der Waals surface area contributed by atoms with Crippen LogP contribution in [0, 0.1) is 0 Å². The number of benzene rings is 1. The van der Waals surface area contributed by atoms with E-state index >= 15 is 0 Å². The van der Waals surface area contributed by atoms with Crippen molar-refractivity contribution in [1.82, 2.24) is 5.06 Å². The molecule has 0 spiro atoms. The lowest BCUT2D eigenvalue weighted by molar-refractivity contribution is -0.250. The monoisotopic (exact) mass is 259 g/mol. The third-order valence-electron chi connectivity index (χ3n) is 3.08. The van der Waals surface area contributed by atoms with E-state index in [1.54, 1.807) is 0 Å². The molecule has 1 aliphatic heterocycles. The largest absolute Gasteiger partial charge is 0.292 e. The number of piperidine rings is 1. The Kier molecular flexibility index (Phi) is 4.20. The van der Waals surface area contributed by atoms with Crippen LogP contribution < -0.4 is 0 Å². The summed E-state index contributed by atoms with van der Waals surface area (Å²) in [4.78, 5) is 17.2. The summed E-state index contributed by atoms with van der Waals surface area (Å²) in [6, 6.07) is 9.92. The van der Waals surface area contributed by atoms with Crippen LogP contribution >= 0.6 is 0 Å². The molecule has 3 heteroatoms. The van der Waals surface area contributed by atoms with E-state index < -0.39 is 0 Å². The number of hydroxylamine groups is 2. The lowest BCUT2D eigenvalue weighted by atomic mass is 9.92. The van der Waals surface area contributed by atoms with Gasteiger partial charge in [-0.1, -0.05) is 30.3 Å². The van der Waals surface area contributed by atoms with E-state index in [0.29, 0.717) is 0 Å². The van der Waals surface area contributed by atoms with Crippen LogP contribution in [-0.4, -0.2) is 23.2 Å². The molecular formula is C16H21NO2. The molecule has 0 N–H and O–H groups in total. The highest BCUT2D eigenvalue weighted by Crippen LogP contribution is 2.35. The van der Waals surface area contributed by atoms with Crippen molar-refractivity contribution in [2.24, 2.45) is 0 Å². The Balaban J connectivity index is 2.33. The Morgan fingerprint density at radius 3 is 2.53 bits per heavy atom. The van der Waals surface area contributed by atoms with E-state index in [0.717, 1.165) is 30.5 Å². The van der Waals surface area contributed by atoms with E-state index in [4.69, 9.17) is 4.84 Å². The second-order valence-corrected chi connectivity index (χ2v) is 5.89. The van der Waals surface area contributed by atoms with Gasteiger partial charge in [0.05, 0.1) is 11.6 Å². The quantitative estimate of drug-likeness (QED) is 0.763. The summed E-state index contributed by atoms with van der Waals surface area (Å²) < 4.78 is 0. The van der Waals surface area contributed by atoms with Gasteiger partial charge in [0.25, 0.3) is 0 Å². The van der Waals surface area contributed by atoms with Gasteiger partial charge in [-0.2, -0.15) is 5.06 Å². The van der Waals surface area contributed by atoms with E-state index in [2.05, 4.69) is 5.94 Å². The van der Waals surface area contributed by atoms with Crippen LogP contribution in [0.1, 0.15) is 45.2 Å². The van der Waals surface area contributed by atoms with E-state index in [1.165, 1.54) is 0 Å². The van der Waals surface area contributed by atoms with Crippen LogP contribution in [0.25, 0.3) is 0 Å². The second-order valence-electron chi connectivity index (χ2n) is 5.89. The summed E-state index contributed by atoms with van der Waals surface area (Å²) in [7, 11) is 0. The lowest BCUT2D eigenvalue weighted by Crippen LogP contribution is -2.40. The maximum atomic E-state index is 11.2. The van der Waals surface area contributed by atoms with E-state index in [-0.39, 0.29) is 11.6 Å². The topological polar surface area (TPSA) is 29.5 Å². The fraction of sp³-hybridized carbons (Fsp3) is 0.500. The van der Waals surface area contributed by atoms with Crippen molar-refractivity contribution in [3.05, 3.63) is 41.5 Å². The highest BCUT2D eigenvalue weighted by atomic mass is 16.7. The average molecular weight is 259 g/mol. The maximum absolute atomic E-state index is 11.2. The first-order chi connectivity index (χ1) is 9.01. The molecule has 1 aliphatic rings. The van der Waals surface area contributed by atoms with Crippen LogP contribution in [0.2, 0.25) is 0 Å². The van der Waals surface area contributed by atoms with Gasteiger partial charge < -0.3 is 0 Å².